The Labute approximate surface area is 90.7 Å². The molecule has 0 fully saturated rings. The van der Waals surface area contributed by atoms with E-state index in [1.807, 2.05) is 18.2 Å². The molecule has 0 unspecified atom stereocenters. The van der Waals surface area contributed by atoms with Crippen molar-refractivity contribution in [3.8, 4) is 0 Å². The maximum absolute atomic E-state index is 7.50. The molecule has 0 radical (unpaired) electrons. The van der Waals surface area contributed by atoms with Crippen LogP contribution < -0.4 is 4.90 Å². The predicted molar refractivity (Wildman–Crippen MR) is 60.1 cm³/mol. The van der Waals surface area contributed by atoms with Crippen molar-refractivity contribution >= 4 is 28.9 Å². The van der Waals surface area contributed by atoms with Gasteiger partial charge in [0.1, 0.15) is 0 Å². The molecule has 0 aliphatic heterocycles. The van der Waals surface area contributed by atoms with Crippen LogP contribution in [0.5, 0.6) is 0 Å². The Morgan fingerprint density at radius 2 is 1.85 bits per heavy atom. The molecule has 0 aliphatic rings. The summed E-state index contributed by atoms with van der Waals surface area (Å²) >= 11 is 11.4. The highest BCUT2D eigenvalue weighted by atomic mass is 35.5. The van der Waals surface area contributed by atoms with Crippen LogP contribution in [0.25, 0.3) is 0 Å². The second-order valence-corrected chi connectivity index (χ2v) is 3.38. The lowest BCUT2D eigenvalue weighted by Crippen LogP contribution is -2.27. The van der Waals surface area contributed by atoms with Crippen molar-refractivity contribution in [2.75, 3.05) is 29.7 Å². The molecule has 0 aliphatic carbocycles. The van der Waals surface area contributed by atoms with Gasteiger partial charge in [0.25, 0.3) is 0 Å². The molecule has 1 rings (SSSR count). The van der Waals surface area contributed by atoms with Crippen molar-refractivity contribution < 1.29 is 1.37 Å². The Morgan fingerprint density at radius 3 is 2.38 bits per heavy atom. The molecule has 0 spiro atoms. The summed E-state index contributed by atoms with van der Waals surface area (Å²) in [6.07, 6.45) is 0. The van der Waals surface area contributed by atoms with Crippen LogP contribution in [0.2, 0.25) is 0 Å². The van der Waals surface area contributed by atoms with Crippen molar-refractivity contribution in [2.24, 2.45) is 0 Å². The normalized spacial score (nSPS) is 11.1. The highest BCUT2D eigenvalue weighted by molar-refractivity contribution is 6.18. The number of benzene rings is 1. The summed E-state index contributed by atoms with van der Waals surface area (Å²) in [5, 5.41) is 0. The zero-order valence-corrected chi connectivity index (χ0v) is 8.85. The quantitative estimate of drug-likeness (QED) is 0.689. The molecule has 0 saturated carbocycles. The fourth-order valence-electron chi connectivity index (χ4n) is 1.15. The van der Waals surface area contributed by atoms with E-state index in [0.29, 0.717) is 17.8 Å². The number of hydrogen-bond donors (Lipinski definition) is 0. The Balaban J connectivity index is 2.75. The van der Waals surface area contributed by atoms with E-state index in [0.717, 1.165) is 18.8 Å². The Hall–Kier alpha value is -0.400. The van der Waals surface area contributed by atoms with Crippen LogP contribution in [0.4, 0.5) is 5.69 Å². The topological polar surface area (TPSA) is 3.24 Å². The zero-order chi connectivity index (χ0) is 10.4. The van der Waals surface area contributed by atoms with Gasteiger partial charge in [-0.25, -0.2) is 0 Å². The van der Waals surface area contributed by atoms with Crippen LogP contribution in [0.3, 0.4) is 0 Å². The molecule has 0 amide bonds. The van der Waals surface area contributed by atoms with Gasteiger partial charge in [0.15, 0.2) is 0 Å². The first kappa shape index (κ1) is 9.17. The zero-order valence-electron chi connectivity index (χ0n) is 8.34. The van der Waals surface area contributed by atoms with Crippen molar-refractivity contribution in [1.82, 2.24) is 0 Å². The molecule has 0 aromatic heterocycles. The van der Waals surface area contributed by atoms with Crippen molar-refractivity contribution in [3.05, 3.63) is 30.3 Å². The number of nitrogens with zero attached hydrogens (tertiary/aromatic N) is 1. The molecule has 13 heavy (non-hydrogen) atoms. The molecule has 1 aromatic carbocycles. The number of rotatable bonds is 5. The van der Waals surface area contributed by atoms with Gasteiger partial charge in [0, 0.05) is 30.5 Å². The summed E-state index contributed by atoms with van der Waals surface area (Å²) in [5.41, 5.74) is 1.01. The van der Waals surface area contributed by atoms with Gasteiger partial charge in [-0.2, -0.15) is 0 Å². The summed E-state index contributed by atoms with van der Waals surface area (Å²) < 4.78 is 7.50. The minimum absolute atomic E-state index is 0.511. The van der Waals surface area contributed by atoms with Gasteiger partial charge < -0.3 is 4.90 Å². The fraction of sp³-hybridized carbons (Fsp3) is 0.400. The summed E-state index contributed by atoms with van der Waals surface area (Å²) in [5.74, 6) is 1.14. The van der Waals surface area contributed by atoms with E-state index in [9.17, 15) is 0 Å². The molecule has 0 atom stereocenters. The summed E-state index contributed by atoms with van der Waals surface area (Å²) in [6.45, 7) is 1.52. The van der Waals surface area contributed by atoms with Gasteiger partial charge in [0.05, 0.1) is 1.37 Å². The molecule has 0 N–H and O–H groups in total. The van der Waals surface area contributed by atoms with Gasteiger partial charge in [-0.05, 0) is 12.1 Å². The smallest absolute Gasteiger partial charge is 0.0623 e. The molecule has 3 heteroatoms. The minimum atomic E-state index is 0.511. The first-order chi connectivity index (χ1) is 6.77. The average Bonchev–Trinajstić information content (AvgIpc) is 2.17. The first-order valence-electron chi connectivity index (χ1n) is 4.71. The van der Waals surface area contributed by atoms with Crippen LogP contribution in [0, 0.1) is 0 Å². The van der Waals surface area contributed by atoms with Gasteiger partial charge in [-0.3, -0.25) is 0 Å². The standard InChI is InChI=1S/C10H13Cl2N/c11-6-8-13(9-7-12)10-4-2-1-3-5-10/h1-5H,6-9H2/i2T. The van der Waals surface area contributed by atoms with E-state index < -0.39 is 0 Å². The van der Waals surface area contributed by atoms with Crippen LogP contribution in [0.15, 0.2) is 30.3 Å². The van der Waals surface area contributed by atoms with Crippen LogP contribution >= 0.6 is 23.2 Å². The van der Waals surface area contributed by atoms with Gasteiger partial charge in [-0.15, -0.1) is 23.2 Å². The maximum Gasteiger partial charge on any atom is 0.0623 e. The average molecular weight is 220 g/mol. The Kier molecular flexibility index (Phi) is 4.31. The largest absolute Gasteiger partial charge is 0.369 e. The lowest BCUT2D eigenvalue weighted by molar-refractivity contribution is 0.874. The van der Waals surface area contributed by atoms with E-state index in [2.05, 4.69) is 4.90 Å². The summed E-state index contributed by atoms with van der Waals surface area (Å²) in [6, 6.07) is 7.92. The van der Waals surface area contributed by atoms with Gasteiger partial charge in [0.2, 0.25) is 0 Å². The highest BCUT2D eigenvalue weighted by Gasteiger charge is 2.02. The van der Waals surface area contributed by atoms with E-state index in [-0.39, 0.29) is 0 Å². The Morgan fingerprint density at radius 1 is 1.15 bits per heavy atom. The van der Waals surface area contributed by atoms with Crippen LogP contribution in [-0.2, 0) is 0 Å². The highest BCUT2D eigenvalue weighted by Crippen LogP contribution is 2.12. The van der Waals surface area contributed by atoms with E-state index in [4.69, 9.17) is 24.6 Å². The Bertz CT molecular complexity index is 275. The fourth-order valence-corrected chi connectivity index (χ4v) is 1.56. The minimum Gasteiger partial charge on any atom is -0.369 e. The maximum atomic E-state index is 7.50. The number of alkyl halides is 2. The molecule has 0 heterocycles. The second-order valence-electron chi connectivity index (χ2n) is 2.63. The lowest BCUT2D eigenvalue weighted by Gasteiger charge is -2.22. The molecule has 0 saturated heterocycles. The van der Waals surface area contributed by atoms with Gasteiger partial charge >= 0.3 is 0 Å². The third-order valence-corrected chi connectivity index (χ3v) is 2.10. The van der Waals surface area contributed by atoms with Crippen molar-refractivity contribution in [2.45, 2.75) is 0 Å². The molecule has 1 nitrogen and oxygen atoms in total. The number of para-hydroxylation sites is 1. The number of anilines is 1. The third kappa shape index (κ3) is 3.45. The monoisotopic (exact) mass is 219 g/mol. The molecular weight excluding hydrogens is 205 g/mol. The molecule has 1 aromatic rings. The summed E-state index contributed by atoms with van der Waals surface area (Å²) in [7, 11) is 0. The predicted octanol–water partition coefficient (Wildman–Crippen LogP) is 2.97. The lowest BCUT2D eigenvalue weighted by atomic mass is 10.3. The third-order valence-electron chi connectivity index (χ3n) is 1.76. The first-order valence-corrected chi connectivity index (χ1v) is 5.28. The van der Waals surface area contributed by atoms with E-state index in [1.165, 1.54) is 0 Å². The number of halogens is 2. The number of hydrogen-bond acceptors (Lipinski definition) is 1. The van der Waals surface area contributed by atoms with E-state index in [1.54, 1.807) is 6.07 Å². The molecule has 0 bridgehead atoms. The molecule has 72 valence electrons. The SMILES string of the molecule is [3H]c1cccc(N(CCCl)CCCl)c1. The second kappa shape index (κ2) is 6.11. The van der Waals surface area contributed by atoms with Crippen LogP contribution in [0.1, 0.15) is 1.37 Å². The van der Waals surface area contributed by atoms with Crippen molar-refractivity contribution in [1.29, 1.82) is 0 Å². The van der Waals surface area contributed by atoms with Crippen LogP contribution in [-0.4, -0.2) is 24.8 Å². The van der Waals surface area contributed by atoms with Gasteiger partial charge in [-0.1, -0.05) is 18.2 Å². The molecular formula is C10H13Cl2N. The summed E-state index contributed by atoms with van der Waals surface area (Å²) in [4.78, 5) is 2.08. The van der Waals surface area contributed by atoms with Crippen molar-refractivity contribution in [3.63, 3.8) is 0 Å². The van der Waals surface area contributed by atoms with E-state index >= 15 is 0 Å².